The van der Waals surface area contributed by atoms with Gasteiger partial charge in [-0.3, -0.25) is 9.67 Å². The van der Waals surface area contributed by atoms with Crippen LogP contribution >= 0.6 is 0 Å². The minimum Gasteiger partial charge on any atom is -0.453 e. The van der Waals surface area contributed by atoms with E-state index in [9.17, 15) is 0 Å². The third-order valence-electron chi connectivity index (χ3n) is 3.08. The molecule has 0 unspecified atom stereocenters. The number of ether oxygens (including phenoxy) is 1. The molecule has 0 amide bonds. The molecule has 3 rings (SSSR count). The van der Waals surface area contributed by atoms with Gasteiger partial charge in [0, 0.05) is 29.4 Å². The van der Waals surface area contributed by atoms with Crippen LogP contribution in [0.3, 0.4) is 0 Å². The van der Waals surface area contributed by atoms with Crippen LogP contribution in [0, 0.1) is 6.92 Å². The van der Waals surface area contributed by atoms with Crippen LogP contribution in [0.4, 0.5) is 5.69 Å². The van der Waals surface area contributed by atoms with Crippen molar-refractivity contribution in [2.24, 2.45) is 0 Å². The molecule has 20 heavy (non-hydrogen) atoms. The second-order valence-electron chi connectivity index (χ2n) is 4.67. The van der Waals surface area contributed by atoms with Gasteiger partial charge in [0.25, 0.3) is 0 Å². The fourth-order valence-corrected chi connectivity index (χ4v) is 2.12. The Kier molecular flexibility index (Phi) is 3.02. The molecule has 5 nitrogen and oxygen atoms in total. The summed E-state index contributed by atoms with van der Waals surface area (Å²) in [7, 11) is 0. The molecule has 1 aromatic carbocycles. The third kappa shape index (κ3) is 2.30. The molecule has 2 N–H and O–H groups in total. The average Bonchev–Trinajstić information content (AvgIpc) is 2.87. The van der Waals surface area contributed by atoms with E-state index in [4.69, 9.17) is 10.5 Å². The van der Waals surface area contributed by atoms with E-state index in [0.29, 0.717) is 11.4 Å². The number of anilines is 1. The Labute approximate surface area is 117 Å². The van der Waals surface area contributed by atoms with Crippen LogP contribution in [0.15, 0.2) is 36.7 Å². The maximum atomic E-state index is 5.93. The number of aromatic nitrogens is 3. The molecule has 102 valence electrons. The number of nitrogens with zero attached hydrogens (tertiary/aromatic N) is 3. The van der Waals surface area contributed by atoms with Gasteiger partial charge in [0.1, 0.15) is 5.75 Å². The summed E-state index contributed by atoms with van der Waals surface area (Å²) < 4.78 is 7.75. The molecule has 0 aliphatic carbocycles. The van der Waals surface area contributed by atoms with Crippen molar-refractivity contribution in [2.75, 3.05) is 5.73 Å². The number of aryl methyl sites for hydroxylation is 2. The Morgan fingerprint density at radius 3 is 2.90 bits per heavy atom. The van der Waals surface area contributed by atoms with Crippen molar-refractivity contribution in [1.82, 2.24) is 14.8 Å². The van der Waals surface area contributed by atoms with E-state index in [1.54, 1.807) is 6.20 Å². The predicted molar refractivity (Wildman–Crippen MR) is 78.9 cm³/mol. The van der Waals surface area contributed by atoms with E-state index in [1.165, 1.54) is 0 Å². The van der Waals surface area contributed by atoms with Gasteiger partial charge in [0.2, 0.25) is 0 Å². The van der Waals surface area contributed by atoms with Crippen LogP contribution in [-0.2, 0) is 6.54 Å². The van der Waals surface area contributed by atoms with Crippen molar-refractivity contribution in [3.05, 3.63) is 42.4 Å². The van der Waals surface area contributed by atoms with Crippen molar-refractivity contribution < 1.29 is 4.74 Å². The zero-order chi connectivity index (χ0) is 14.1. The maximum absolute atomic E-state index is 5.93. The van der Waals surface area contributed by atoms with Gasteiger partial charge in [-0.25, -0.2) is 0 Å². The molecule has 0 radical (unpaired) electrons. The number of rotatable bonds is 3. The molecule has 0 fully saturated rings. The van der Waals surface area contributed by atoms with Gasteiger partial charge in [0.05, 0.1) is 17.9 Å². The Morgan fingerprint density at radius 1 is 1.30 bits per heavy atom. The lowest BCUT2D eigenvalue weighted by Gasteiger charge is -2.09. The molecule has 0 atom stereocenters. The Hall–Kier alpha value is -2.56. The van der Waals surface area contributed by atoms with Gasteiger partial charge in [-0.2, -0.15) is 5.10 Å². The van der Waals surface area contributed by atoms with Crippen molar-refractivity contribution in [1.29, 1.82) is 0 Å². The second-order valence-corrected chi connectivity index (χ2v) is 4.67. The first kappa shape index (κ1) is 12.5. The lowest BCUT2D eigenvalue weighted by molar-refractivity contribution is 0.486. The Balaban J connectivity index is 2.07. The molecule has 0 saturated carbocycles. The molecule has 0 bridgehead atoms. The van der Waals surface area contributed by atoms with Crippen LogP contribution in [-0.4, -0.2) is 14.8 Å². The first-order valence-corrected chi connectivity index (χ1v) is 6.53. The average molecular weight is 268 g/mol. The van der Waals surface area contributed by atoms with Crippen LogP contribution < -0.4 is 10.5 Å². The van der Waals surface area contributed by atoms with Gasteiger partial charge < -0.3 is 10.5 Å². The second kappa shape index (κ2) is 4.85. The van der Waals surface area contributed by atoms with Crippen molar-refractivity contribution in [3.8, 4) is 11.5 Å². The largest absolute Gasteiger partial charge is 0.453 e. The summed E-state index contributed by atoms with van der Waals surface area (Å²) in [5.41, 5.74) is 8.32. The molecule has 0 aliphatic heterocycles. The first-order chi connectivity index (χ1) is 9.65. The highest BCUT2D eigenvalue weighted by atomic mass is 16.5. The number of nitrogens with two attached hydrogens (primary N) is 1. The van der Waals surface area contributed by atoms with E-state index < -0.39 is 0 Å². The van der Waals surface area contributed by atoms with Crippen LogP contribution in [0.1, 0.15) is 12.6 Å². The summed E-state index contributed by atoms with van der Waals surface area (Å²) >= 11 is 0. The van der Waals surface area contributed by atoms with E-state index in [1.807, 2.05) is 49.0 Å². The van der Waals surface area contributed by atoms with E-state index in [-0.39, 0.29) is 0 Å². The lowest BCUT2D eigenvalue weighted by atomic mass is 10.1. The zero-order valence-corrected chi connectivity index (χ0v) is 11.5. The normalized spacial score (nSPS) is 10.9. The van der Waals surface area contributed by atoms with Gasteiger partial charge in [-0.15, -0.1) is 0 Å². The van der Waals surface area contributed by atoms with Crippen molar-refractivity contribution in [3.63, 3.8) is 0 Å². The van der Waals surface area contributed by atoms with Crippen LogP contribution in [0.2, 0.25) is 0 Å². The summed E-state index contributed by atoms with van der Waals surface area (Å²) in [5.74, 6) is 1.46. The fourth-order valence-electron chi connectivity index (χ4n) is 2.12. The summed E-state index contributed by atoms with van der Waals surface area (Å²) in [5, 5.41) is 5.10. The zero-order valence-electron chi connectivity index (χ0n) is 11.5. The minimum atomic E-state index is 0.692. The molecule has 5 heteroatoms. The third-order valence-corrected chi connectivity index (χ3v) is 3.08. The van der Waals surface area contributed by atoms with E-state index >= 15 is 0 Å². The summed E-state index contributed by atoms with van der Waals surface area (Å²) in [6.07, 6.45) is 3.57. The summed E-state index contributed by atoms with van der Waals surface area (Å²) in [6.45, 7) is 4.79. The number of nitrogen functional groups attached to an aromatic ring is 1. The standard InChI is InChI=1S/C15H16N4O/c1-3-19-9-12(8-17-19)20-15-6-10(2)18-14-5-4-11(16)7-13(14)15/h4-9H,3,16H2,1-2H3. The number of hydrogen-bond acceptors (Lipinski definition) is 4. The topological polar surface area (TPSA) is 66.0 Å². The molecule has 0 saturated heterocycles. The van der Waals surface area contributed by atoms with Crippen molar-refractivity contribution >= 4 is 16.6 Å². The lowest BCUT2D eigenvalue weighted by Crippen LogP contribution is -1.93. The maximum Gasteiger partial charge on any atom is 0.165 e. The molecular formula is C15H16N4O. The fraction of sp³-hybridized carbons (Fsp3) is 0.200. The van der Waals surface area contributed by atoms with Crippen molar-refractivity contribution in [2.45, 2.75) is 20.4 Å². The highest BCUT2D eigenvalue weighted by Crippen LogP contribution is 2.30. The summed E-state index contributed by atoms with van der Waals surface area (Å²) in [6, 6.07) is 7.53. The number of benzene rings is 1. The molecule has 2 heterocycles. The van der Waals surface area contributed by atoms with Crippen LogP contribution in [0.5, 0.6) is 11.5 Å². The highest BCUT2D eigenvalue weighted by molar-refractivity contribution is 5.88. The van der Waals surface area contributed by atoms with Crippen LogP contribution in [0.25, 0.3) is 10.9 Å². The van der Waals surface area contributed by atoms with E-state index in [2.05, 4.69) is 10.1 Å². The smallest absolute Gasteiger partial charge is 0.165 e. The Morgan fingerprint density at radius 2 is 2.15 bits per heavy atom. The molecule has 0 spiro atoms. The quantitative estimate of drug-likeness (QED) is 0.741. The van der Waals surface area contributed by atoms with E-state index in [0.717, 1.165) is 28.9 Å². The van der Waals surface area contributed by atoms with Gasteiger partial charge in [-0.05, 0) is 32.0 Å². The van der Waals surface area contributed by atoms with Gasteiger partial charge in [0.15, 0.2) is 5.75 Å². The number of fused-ring (bicyclic) bond motifs is 1. The molecule has 2 aromatic heterocycles. The minimum absolute atomic E-state index is 0.692. The summed E-state index contributed by atoms with van der Waals surface area (Å²) in [4.78, 5) is 4.48. The molecular weight excluding hydrogens is 252 g/mol. The molecule has 3 aromatic rings. The number of hydrogen-bond donors (Lipinski definition) is 1. The first-order valence-electron chi connectivity index (χ1n) is 6.53. The number of pyridine rings is 1. The Bertz CT molecular complexity index is 764. The molecule has 0 aliphatic rings. The predicted octanol–water partition coefficient (Wildman–Crippen LogP) is 3.13. The van der Waals surface area contributed by atoms with Gasteiger partial charge >= 0.3 is 0 Å². The highest BCUT2D eigenvalue weighted by Gasteiger charge is 2.08. The monoisotopic (exact) mass is 268 g/mol. The SMILES string of the molecule is CCn1cc(Oc2cc(C)nc3ccc(N)cc23)cn1. The van der Waals surface area contributed by atoms with Gasteiger partial charge in [-0.1, -0.05) is 0 Å².